The van der Waals surface area contributed by atoms with Crippen LogP contribution in [0, 0.1) is 23.0 Å². The summed E-state index contributed by atoms with van der Waals surface area (Å²) in [7, 11) is 0. The summed E-state index contributed by atoms with van der Waals surface area (Å²) >= 11 is 0. The van der Waals surface area contributed by atoms with Crippen molar-refractivity contribution in [2.45, 2.75) is 110 Å². The first-order chi connectivity index (χ1) is 34.4. The van der Waals surface area contributed by atoms with Crippen molar-refractivity contribution >= 4 is 53.2 Å². The van der Waals surface area contributed by atoms with E-state index >= 15 is 4.39 Å². The molecule has 4 rings (SSSR count). The predicted octanol–water partition coefficient (Wildman–Crippen LogP) is 2.04. The number of aliphatic carboxylic acids is 1. The van der Waals surface area contributed by atoms with E-state index in [1.165, 1.54) is 11.8 Å². The third kappa shape index (κ3) is 17.2. The minimum absolute atomic E-state index is 0.0206. The molecule has 5 atom stereocenters. The van der Waals surface area contributed by atoms with Crippen LogP contribution in [0.5, 0.6) is 0 Å². The van der Waals surface area contributed by atoms with Crippen LogP contribution in [0.3, 0.4) is 0 Å². The van der Waals surface area contributed by atoms with E-state index in [0.29, 0.717) is 29.1 Å². The fourth-order valence-corrected chi connectivity index (χ4v) is 8.14. The molecule has 20 nitrogen and oxygen atoms in total. The number of benzene rings is 2. The quantitative estimate of drug-likeness (QED) is 0.0402. The Kier molecular flexibility index (Phi) is 21.5. The maximum absolute atomic E-state index is 15.1. The molecular weight excluding hydrogens is 953 g/mol. The van der Waals surface area contributed by atoms with Gasteiger partial charge >= 0.3 is 5.97 Å². The molecule has 0 saturated carbocycles. The molecule has 0 fully saturated rings. The lowest BCUT2D eigenvalue weighted by Crippen LogP contribution is -2.57. The van der Waals surface area contributed by atoms with Gasteiger partial charge in [-0.05, 0) is 73.8 Å². The van der Waals surface area contributed by atoms with Gasteiger partial charge in [-0.15, -0.1) is 0 Å². The fraction of sp³-hybridized carbons (Fsp3) is 0.471. The minimum Gasteiger partial charge on any atom is -0.480 e. The van der Waals surface area contributed by atoms with E-state index in [1.807, 2.05) is 55.7 Å². The number of carbonyl (C=O) groups excluding carboxylic acids is 8. The minimum atomic E-state index is -1.34. The van der Waals surface area contributed by atoms with E-state index in [0.717, 1.165) is 35.9 Å². The van der Waals surface area contributed by atoms with E-state index in [2.05, 4.69) is 26.6 Å². The van der Waals surface area contributed by atoms with Gasteiger partial charge in [0, 0.05) is 67.8 Å². The highest BCUT2D eigenvalue weighted by molar-refractivity contribution is 6.14. The summed E-state index contributed by atoms with van der Waals surface area (Å²) in [4.78, 5) is 116. The number of hydrogen-bond acceptors (Lipinski definition) is 11. The lowest BCUT2D eigenvalue weighted by atomic mass is 9.82. The van der Waals surface area contributed by atoms with Gasteiger partial charge in [0.1, 0.15) is 42.9 Å². The van der Waals surface area contributed by atoms with Gasteiger partial charge in [0.2, 0.25) is 35.4 Å². The maximum atomic E-state index is 15.1. The molecule has 0 aliphatic carbocycles. The molecule has 2 aromatic carbocycles. The van der Waals surface area contributed by atoms with Crippen molar-refractivity contribution in [2.24, 2.45) is 17.1 Å². The van der Waals surface area contributed by atoms with Crippen molar-refractivity contribution in [2.75, 3.05) is 32.8 Å². The number of imide groups is 1. The van der Waals surface area contributed by atoms with Gasteiger partial charge < -0.3 is 52.0 Å². The third-order valence-electron chi connectivity index (χ3n) is 12.0. The molecule has 0 bridgehead atoms. The van der Waals surface area contributed by atoms with Crippen LogP contribution in [0.1, 0.15) is 90.9 Å². The van der Waals surface area contributed by atoms with Crippen molar-refractivity contribution in [3.63, 3.8) is 0 Å². The fourth-order valence-electron chi connectivity index (χ4n) is 8.14. The third-order valence-corrected chi connectivity index (χ3v) is 12.0. The number of nitrogens with one attached hydrogen (secondary N) is 5. The standard InChI is InChI=1S/C51H67F2N9O11/c1-30(2)45(59-41(65)28-62-42(66)17-18-43(62)67)49(71)57-31(3)47(69)58-38(50(72)73)14-10-11-21-55-40(64)19-22-56-48(70)37(54)20-23-61(44(68)29-63)46(51(4,5)6)39-24-33(35-25-34(52)15-16-36(35)53)27-60(39)26-32-12-8-7-9-13-32/h7-9,12-13,15-18,24-25,27,30-31,37-38,45-46,63H,10-11,14,19-23,26,28-29,54H2,1-6H3,(H,55,64)(H,56,70)(H,57,71)(H,58,69)(H,59,65)(H,72,73)/t31-,37-,38-,45-,46-/m0/s1. The summed E-state index contributed by atoms with van der Waals surface area (Å²) in [6.07, 6.45) is 4.12. The average molecular weight is 1020 g/mol. The van der Waals surface area contributed by atoms with Crippen LogP contribution >= 0.6 is 0 Å². The number of nitrogens with zero attached hydrogens (tertiary/aromatic N) is 3. The van der Waals surface area contributed by atoms with Gasteiger partial charge in [0.25, 0.3) is 11.8 Å². The Morgan fingerprint density at radius 3 is 2.08 bits per heavy atom. The summed E-state index contributed by atoms with van der Waals surface area (Å²) in [6, 6.07) is 8.66. The highest BCUT2D eigenvalue weighted by atomic mass is 19.1. The molecule has 1 aliphatic rings. The number of unbranched alkanes of at least 4 members (excludes halogenated alkanes) is 1. The van der Waals surface area contributed by atoms with Crippen molar-refractivity contribution in [1.29, 1.82) is 0 Å². The molecule has 0 spiro atoms. The van der Waals surface area contributed by atoms with E-state index in [9.17, 15) is 57.8 Å². The van der Waals surface area contributed by atoms with Crippen LogP contribution < -0.4 is 32.3 Å². The van der Waals surface area contributed by atoms with Crippen molar-refractivity contribution in [3.8, 4) is 11.1 Å². The number of aliphatic hydroxyl groups is 1. The monoisotopic (exact) mass is 1020 g/mol. The molecule has 0 radical (unpaired) electrons. The highest BCUT2D eigenvalue weighted by Crippen LogP contribution is 2.41. The lowest BCUT2D eigenvalue weighted by molar-refractivity contribution is -0.142. The molecule has 8 amide bonds. The molecule has 396 valence electrons. The number of hydrogen-bond donors (Lipinski definition) is 8. The predicted molar refractivity (Wildman–Crippen MR) is 263 cm³/mol. The molecule has 73 heavy (non-hydrogen) atoms. The average Bonchev–Trinajstić information content (AvgIpc) is 3.88. The molecule has 1 aliphatic heterocycles. The second-order valence-electron chi connectivity index (χ2n) is 19.2. The molecule has 22 heteroatoms. The highest BCUT2D eigenvalue weighted by Gasteiger charge is 2.38. The van der Waals surface area contributed by atoms with Crippen LogP contribution in [0.2, 0.25) is 0 Å². The molecule has 3 aromatic rings. The Balaban J connectivity index is 1.25. The molecule has 9 N–H and O–H groups in total. The second kappa shape index (κ2) is 26.9. The Labute approximate surface area is 422 Å². The summed E-state index contributed by atoms with van der Waals surface area (Å²) in [5, 5.41) is 32.5. The zero-order valence-electron chi connectivity index (χ0n) is 41.9. The maximum Gasteiger partial charge on any atom is 0.326 e. The molecule has 2 heterocycles. The SMILES string of the molecule is CC(C)[C@H](NC(=O)CN1C(=O)C=CC1=O)C(=O)N[C@@H](C)C(=O)N[C@@H](CCCCNC(=O)CCNC(=O)[C@@H](N)CCN(C(=O)CO)[C@@H](c1cc(-c2cc(F)ccc2F)cn1Cc1ccccc1)C(C)(C)C)C(=O)O. The number of aromatic nitrogens is 1. The first-order valence-corrected chi connectivity index (χ1v) is 24.0. The Morgan fingerprint density at radius 2 is 1.47 bits per heavy atom. The van der Waals surface area contributed by atoms with Crippen molar-refractivity contribution in [1.82, 2.24) is 41.0 Å². The molecular formula is C51H67F2N9O11. The van der Waals surface area contributed by atoms with Crippen molar-refractivity contribution in [3.05, 3.63) is 95.8 Å². The number of carbonyl (C=O) groups is 9. The van der Waals surface area contributed by atoms with Crippen LogP contribution in [-0.2, 0) is 49.7 Å². The van der Waals surface area contributed by atoms with Crippen LogP contribution in [-0.4, -0.2) is 135 Å². The van der Waals surface area contributed by atoms with Crippen LogP contribution in [0.25, 0.3) is 11.1 Å². The van der Waals surface area contributed by atoms with Gasteiger partial charge in [0.05, 0.1) is 12.1 Å². The summed E-state index contributed by atoms with van der Waals surface area (Å²) in [6.45, 7) is 9.08. The topological polar surface area (TPSA) is 292 Å². The van der Waals surface area contributed by atoms with Gasteiger partial charge in [0.15, 0.2) is 0 Å². The molecule has 1 aromatic heterocycles. The van der Waals surface area contributed by atoms with Gasteiger partial charge in [-0.2, -0.15) is 0 Å². The number of aliphatic hydroxyl groups excluding tert-OH is 1. The Morgan fingerprint density at radius 1 is 0.795 bits per heavy atom. The van der Waals surface area contributed by atoms with E-state index in [-0.39, 0.29) is 50.9 Å². The summed E-state index contributed by atoms with van der Waals surface area (Å²) in [5.41, 5.74) is 7.45. The smallest absolute Gasteiger partial charge is 0.326 e. The van der Waals surface area contributed by atoms with Gasteiger partial charge in [-0.1, -0.05) is 65.0 Å². The first kappa shape index (κ1) is 58.2. The number of amides is 8. The van der Waals surface area contributed by atoms with Gasteiger partial charge in [-0.3, -0.25) is 43.3 Å². The summed E-state index contributed by atoms with van der Waals surface area (Å²) < 4.78 is 31.3. The molecule has 0 saturated heterocycles. The first-order valence-electron chi connectivity index (χ1n) is 24.0. The largest absolute Gasteiger partial charge is 0.480 e. The Hall–Kier alpha value is -7.33. The second-order valence-corrected chi connectivity index (χ2v) is 19.2. The number of nitrogens with two attached hydrogens (primary N) is 1. The number of carboxylic acids is 1. The normalized spacial score (nSPS) is 14.5. The number of halogens is 2. The zero-order chi connectivity index (χ0) is 54.2. The Bertz CT molecular complexity index is 2490. The summed E-state index contributed by atoms with van der Waals surface area (Å²) in [5.74, 6) is -8.43. The van der Waals surface area contributed by atoms with Crippen molar-refractivity contribution < 1.29 is 62.1 Å². The van der Waals surface area contributed by atoms with E-state index < -0.39 is 120 Å². The number of carboxylic acid groups (broad SMARTS) is 1. The lowest BCUT2D eigenvalue weighted by Gasteiger charge is -2.41. The van der Waals surface area contributed by atoms with E-state index in [4.69, 9.17) is 5.73 Å². The van der Waals surface area contributed by atoms with Crippen LogP contribution in [0.15, 0.2) is 72.9 Å². The van der Waals surface area contributed by atoms with E-state index in [1.54, 1.807) is 26.1 Å². The molecule has 0 unspecified atom stereocenters. The zero-order valence-corrected chi connectivity index (χ0v) is 41.9. The van der Waals surface area contributed by atoms with Crippen LogP contribution in [0.4, 0.5) is 8.78 Å². The van der Waals surface area contributed by atoms with Gasteiger partial charge in [-0.25, -0.2) is 13.6 Å². The number of rotatable bonds is 27.